The molecule has 3 nitrogen and oxygen atoms in total. The second kappa shape index (κ2) is 7.61. The fourth-order valence-corrected chi connectivity index (χ4v) is 1.87. The Kier molecular flexibility index (Phi) is 6.45. The number of alkyl halides is 3. The Bertz CT molecular complexity index is 410. The molecule has 1 unspecified atom stereocenters. The van der Waals surface area contributed by atoms with Gasteiger partial charge in [-0.3, -0.25) is 4.90 Å². The van der Waals surface area contributed by atoms with E-state index in [1.807, 2.05) is 11.8 Å². The van der Waals surface area contributed by atoms with E-state index in [4.69, 9.17) is 4.74 Å². The van der Waals surface area contributed by atoms with Crippen LogP contribution in [-0.2, 0) is 10.9 Å². The molecule has 0 aliphatic carbocycles. The molecule has 1 aromatic carbocycles. The molecule has 0 saturated carbocycles. The molecule has 6 heteroatoms. The number of benzene rings is 1. The van der Waals surface area contributed by atoms with E-state index in [1.165, 1.54) is 12.1 Å². The van der Waals surface area contributed by atoms with Gasteiger partial charge in [-0.1, -0.05) is 19.1 Å². The average molecular weight is 291 g/mol. The Morgan fingerprint density at radius 2 is 2.05 bits per heavy atom. The first-order valence-corrected chi connectivity index (χ1v) is 6.45. The smallest absolute Gasteiger partial charge is 0.387 e. The van der Waals surface area contributed by atoms with Gasteiger partial charge in [0.1, 0.15) is 0 Å². The van der Waals surface area contributed by atoms with E-state index in [0.29, 0.717) is 19.7 Å². The lowest BCUT2D eigenvalue weighted by molar-refractivity contribution is -0.137. The lowest BCUT2D eigenvalue weighted by atomic mass is 10.1. The number of aliphatic hydroxyl groups excluding tert-OH is 1. The van der Waals surface area contributed by atoms with Gasteiger partial charge in [-0.15, -0.1) is 0 Å². The van der Waals surface area contributed by atoms with Crippen LogP contribution in [0.25, 0.3) is 0 Å². The highest BCUT2D eigenvalue weighted by molar-refractivity contribution is 5.27. The van der Waals surface area contributed by atoms with Crippen molar-refractivity contribution in [3.8, 4) is 0 Å². The normalized spacial score (nSPS) is 13.8. The van der Waals surface area contributed by atoms with E-state index in [2.05, 4.69) is 0 Å². The maximum atomic E-state index is 12.6. The van der Waals surface area contributed by atoms with Gasteiger partial charge < -0.3 is 9.84 Å². The third-order valence-electron chi connectivity index (χ3n) is 3.09. The Hall–Kier alpha value is -1.11. The summed E-state index contributed by atoms with van der Waals surface area (Å²) in [5, 5.41) is 10.1. The molecule has 0 heterocycles. The third-order valence-corrected chi connectivity index (χ3v) is 3.09. The standard InChI is InChI=1S/C14H20F3NO2/c1-3-18(7-8-20-2)10-13(19)11-5-4-6-12(9-11)14(15,16)17/h4-6,9,13,19H,3,7-8,10H2,1-2H3. The molecule has 1 rings (SSSR count). The monoisotopic (exact) mass is 291 g/mol. The van der Waals surface area contributed by atoms with Crippen LogP contribution in [-0.4, -0.2) is 43.4 Å². The molecular formula is C14H20F3NO2. The van der Waals surface area contributed by atoms with E-state index < -0.39 is 17.8 Å². The molecular weight excluding hydrogens is 271 g/mol. The number of hydrogen-bond donors (Lipinski definition) is 1. The predicted octanol–water partition coefficient (Wildman–Crippen LogP) is 2.71. The SMILES string of the molecule is CCN(CCOC)CC(O)c1cccc(C(F)(F)F)c1. The van der Waals surface area contributed by atoms with Crippen LogP contribution in [0.1, 0.15) is 24.2 Å². The number of hydrogen-bond acceptors (Lipinski definition) is 3. The zero-order valence-corrected chi connectivity index (χ0v) is 11.7. The van der Waals surface area contributed by atoms with Gasteiger partial charge in [0, 0.05) is 20.2 Å². The predicted molar refractivity (Wildman–Crippen MR) is 70.4 cm³/mol. The van der Waals surface area contributed by atoms with Crippen LogP contribution < -0.4 is 0 Å². The number of ether oxygens (including phenoxy) is 1. The van der Waals surface area contributed by atoms with Gasteiger partial charge in [0.25, 0.3) is 0 Å². The largest absolute Gasteiger partial charge is 0.416 e. The van der Waals surface area contributed by atoms with E-state index >= 15 is 0 Å². The minimum atomic E-state index is -4.39. The van der Waals surface area contributed by atoms with Crippen molar-refractivity contribution in [1.82, 2.24) is 4.90 Å². The van der Waals surface area contributed by atoms with Crippen LogP contribution in [0.3, 0.4) is 0 Å². The fourth-order valence-electron chi connectivity index (χ4n) is 1.87. The Labute approximate surface area is 117 Å². The molecule has 0 aliphatic heterocycles. The first-order chi connectivity index (χ1) is 9.38. The quantitative estimate of drug-likeness (QED) is 0.838. The first kappa shape index (κ1) is 16.9. The molecule has 0 aromatic heterocycles. The fraction of sp³-hybridized carbons (Fsp3) is 0.571. The van der Waals surface area contributed by atoms with Crippen LogP contribution in [0.4, 0.5) is 13.2 Å². The average Bonchev–Trinajstić information content (AvgIpc) is 2.42. The van der Waals surface area contributed by atoms with Crippen LogP contribution in [0.15, 0.2) is 24.3 Å². The molecule has 0 amide bonds. The Morgan fingerprint density at radius 1 is 1.35 bits per heavy atom. The van der Waals surface area contributed by atoms with E-state index in [-0.39, 0.29) is 12.1 Å². The molecule has 114 valence electrons. The molecule has 1 aromatic rings. The van der Waals surface area contributed by atoms with Crippen molar-refractivity contribution >= 4 is 0 Å². The second-order valence-corrected chi connectivity index (χ2v) is 4.53. The third kappa shape index (κ3) is 5.11. The first-order valence-electron chi connectivity index (χ1n) is 6.45. The number of aliphatic hydroxyl groups is 1. The minimum Gasteiger partial charge on any atom is -0.387 e. The summed E-state index contributed by atoms with van der Waals surface area (Å²) in [4.78, 5) is 1.93. The molecule has 0 radical (unpaired) electrons. The van der Waals surface area contributed by atoms with Gasteiger partial charge in [-0.25, -0.2) is 0 Å². The van der Waals surface area contributed by atoms with Crippen molar-refractivity contribution in [2.75, 3.05) is 33.4 Å². The lowest BCUT2D eigenvalue weighted by Crippen LogP contribution is -2.31. The highest BCUT2D eigenvalue weighted by Crippen LogP contribution is 2.30. The number of methoxy groups -OCH3 is 1. The van der Waals surface area contributed by atoms with Gasteiger partial charge in [-0.05, 0) is 24.2 Å². The number of rotatable bonds is 7. The lowest BCUT2D eigenvalue weighted by Gasteiger charge is -2.23. The molecule has 0 bridgehead atoms. The summed E-state index contributed by atoms with van der Waals surface area (Å²) in [6.45, 7) is 4.04. The van der Waals surface area contributed by atoms with Crippen LogP contribution in [0.5, 0.6) is 0 Å². The highest BCUT2D eigenvalue weighted by Gasteiger charge is 2.30. The molecule has 0 aliphatic rings. The zero-order valence-electron chi connectivity index (χ0n) is 11.7. The van der Waals surface area contributed by atoms with Crippen molar-refractivity contribution in [3.63, 3.8) is 0 Å². The molecule has 0 fully saturated rings. The van der Waals surface area contributed by atoms with Crippen LogP contribution in [0.2, 0.25) is 0 Å². The number of nitrogens with zero attached hydrogens (tertiary/aromatic N) is 1. The van der Waals surface area contributed by atoms with E-state index in [9.17, 15) is 18.3 Å². The van der Waals surface area contributed by atoms with Crippen molar-refractivity contribution in [2.24, 2.45) is 0 Å². The van der Waals surface area contributed by atoms with Crippen LogP contribution in [0, 0.1) is 0 Å². The molecule has 0 spiro atoms. The van der Waals surface area contributed by atoms with E-state index in [0.717, 1.165) is 12.1 Å². The molecule has 1 atom stereocenters. The summed E-state index contributed by atoms with van der Waals surface area (Å²) in [6.07, 6.45) is -5.34. The number of halogens is 3. The second-order valence-electron chi connectivity index (χ2n) is 4.53. The minimum absolute atomic E-state index is 0.274. The summed E-state index contributed by atoms with van der Waals surface area (Å²) in [7, 11) is 1.58. The Balaban J connectivity index is 2.73. The summed E-state index contributed by atoms with van der Waals surface area (Å²) >= 11 is 0. The summed E-state index contributed by atoms with van der Waals surface area (Å²) in [5.41, 5.74) is -0.468. The van der Waals surface area contributed by atoms with E-state index in [1.54, 1.807) is 7.11 Å². The van der Waals surface area contributed by atoms with Gasteiger partial charge in [0.05, 0.1) is 18.3 Å². The molecule has 0 saturated heterocycles. The Morgan fingerprint density at radius 3 is 2.60 bits per heavy atom. The molecule has 20 heavy (non-hydrogen) atoms. The van der Waals surface area contributed by atoms with Gasteiger partial charge in [-0.2, -0.15) is 13.2 Å². The highest BCUT2D eigenvalue weighted by atomic mass is 19.4. The van der Waals surface area contributed by atoms with Crippen molar-refractivity contribution in [3.05, 3.63) is 35.4 Å². The van der Waals surface area contributed by atoms with Gasteiger partial charge in [0.15, 0.2) is 0 Å². The maximum Gasteiger partial charge on any atom is 0.416 e. The number of likely N-dealkylation sites (N-methyl/N-ethyl adjacent to an activating group) is 1. The maximum absolute atomic E-state index is 12.6. The summed E-state index contributed by atoms with van der Waals surface area (Å²) in [6, 6.07) is 4.81. The van der Waals surface area contributed by atoms with Crippen molar-refractivity contribution < 1.29 is 23.0 Å². The van der Waals surface area contributed by atoms with Crippen LogP contribution >= 0.6 is 0 Å². The summed E-state index contributed by atoms with van der Waals surface area (Å²) < 4.78 is 42.8. The summed E-state index contributed by atoms with van der Waals surface area (Å²) in [5.74, 6) is 0. The zero-order chi connectivity index (χ0) is 15.2. The van der Waals surface area contributed by atoms with Gasteiger partial charge in [0.2, 0.25) is 0 Å². The van der Waals surface area contributed by atoms with Gasteiger partial charge >= 0.3 is 6.18 Å². The topological polar surface area (TPSA) is 32.7 Å². The molecule has 1 N–H and O–H groups in total. The van der Waals surface area contributed by atoms with Crippen molar-refractivity contribution in [1.29, 1.82) is 0 Å². The van der Waals surface area contributed by atoms with Crippen molar-refractivity contribution in [2.45, 2.75) is 19.2 Å².